The number of aryl methyl sites for hydroxylation is 2. The van der Waals surface area contributed by atoms with E-state index in [1.807, 2.05) is 12.1 Å². The van der Waals surface area contributed by atoms with Crippen molar-refractivity contribution in [1.82, 2.24) is 0 Å². The van der Waals surface area contributed by atoms with Crippen LogP contribution in [0.5, 0.6) is 0 Å². The van der Waals surface area contributed by atoms with E-state index in [2.05, 4.69) is 27.3 Å². The van der Waals surface area contributed by atoms with Crippen LogP contribution in [0.25, 0.3) is 0 Å². The van der Waals surface area contributed by atoms with Crippen molar-refractivity contribution in [1.29, 1.82) is 0 Å². The quantitative estimate of drug-likeness (QED) is 0.870. The molecule has 0 saturated carbocycles. The van der Waals surface area contributed by atoms with Crippen molar-refractivity contribution in [3.8, 4) is 0 Å². The van der Waals surface area contributed by atoms with Crippen LogP contribution in [0.2, 0.25) is 0 Å². The van der Waals surface area contributed by atoms with Crippen molar-refractivity contribution in [3.63, 3.8) is 0 Å². The molecular weight excluding hydrogens is 321 g/mol. The number of amides is 1. The van der Waals surface area contributed by atoms with E-state index >= 15 is 0 Å². The van der Waals surface area contributed by atoms with E-state index < -0.39 is 5.82 Å². The first-order chi connectivity index (χ1) is 9.65. The topological polar surface area (TPSA) is 29.1 Å². The van der Waals surface area contributed by atoms with Crippen LogP contribution in [-0.4, -0.2) is 5.91 Å². The molecule has 1 N–H and O–H groups in total. The van der Waals surface area contributed by atoms with Crippen molar-refractivity contribution in [2.45, 2.75) is 19.3 Å². The minimum absolute atomic E-state index is 0.193. The molecule has 0 radical (unpaired) electrons. The van der Waals surface area contributed by atoms with E-state index in [1.54, 1.807) is 6.07 Å². The summed E-state index contributed by atoms with van der Waals surface area (Å²) in [6.07, 6.45) is 3.34. The Labute approximate surface area is 125 Å². The highest BCUT2D eigenvalue weighted by molar-refractivity contribution is 9.10. The molecule has 0 spiro atoms. The molecule has 0 heterocycles. The number of fused-ring (bicyclic) bond motifs is 1. The zero-order valence-corrected chi connectivity index (χ0v) is 12.3. The van der Waals surface area contributed by atoms with Gasteiger partial charge in [0.15, 0.2) is 0 Å². The number of hydrogen-bond donors (Lipinski definition) is 1. The maximum absolute atomic E-state index is 13.4. The van der Waals surface area contributed by atoms with Gasteiger partial charge in [0.05, 0.1) is 10.0 Å². The second-order valence-corrected chi connectivity index (χ2v) is 5.69. The highest BCUT2D eigenvalue weighted by atomic mass is 79.9. The molecule has 0 unspecified atom stereocenters. The molecule has 20 heavy (non-hydrogen) atoms. The molecule has 0 atom stereocenters. The van der Waals surface area contributed by atoms with Gasteiger partial charge in [-0.05, 0) is 70.6 Å². The first-order valence-corrected chi connectivity index (χ1v) is 7.31. The van der Waals surface area contributed by atoms with Crippen LogP contribution < -0.4 is 5.32 Å². The molecule has 102 valence electrons. The normalized spacial score (nSPS) is 13.1. The second kappa shape index (κ2) is 5.37. The monoisotopic (exact) mass is 333 g/mol. The molecule has 0 saturated heterocycles. The third-order valence-electron chi connectivity index (χ3n) is 3.55. The van der Waals surface area contributed by atoms with Crippen LogP contribution in [0.3, 0.4) is 0 Å². The number of rotatable bonds is 2. The Hall–Kier alpha value is -1.68. The smallest absolute Gasteiger partial charge is 0.256 e. The fourth-order valence-corrected chi connectivity index (χ4v) is 2.97. The summed E-state index contributed by atoms with van der Waals surface area (Å²) < 4.78 is 13.6. The van der Waals surface area contributed by atoms with Gasteiger partial charge in [0.1, 0.15) is 5.82 Å². The summed E-state index contributed by atoms with van der Waals surface area (Å²) >= 11 is 3.11. The SMILES string of the molecule is O=C(Nc1ccc2c(c1)CCC2)c1cccc(F)c1Br. The van der Waals surface area contributed by atoms with Crippen molar-refractivity contribution < 1.29 is 9.18 Å². The number of hydrogen-bond acceptors (Lipinski definition) is 1. The lowest BCUT2D eigenvalue weighted by Crippen LogP contribution is -2.13. The first-order valence-electron chi connectivity index (χ1n) is 6.52. The Bertz CT molecular complexity index is 684. The second-order valence-electron chi connectivity index (χ2n) is 4.89. The Morgan fingerprint density at radius 3 is 2.80 bits per heavy atom. The minimum Gasteiger partial charge on any atom is -0.322 e. The van der Waals surface area contributed by atoms with Gasteiger partial charge in [-0.25, -0.2) is 4.39 Å². The molecule has 1 amide bonds. The van der Waals surface area contributed by atoms with Gasteiger partial charge in [-0.15, -0.1) is 0 Å². The summed E-state index contributed by atoms with van der Waals surface area (Å²) in [5.41, 5.74) is 3.70. The van der Waals surface area contributed by atoms with Crippen molar-refractivity contribution in [2.75, 3.05) is 5.32 Å². The Morgan fingerprint density at radius 1 is 1.15 bits per heavy atom. The number of anilines is 1. The van der Waals surface area contributed by atoms with Crippen molar-refractivity contribution >= 4 is 27.5 Å². The summed E-state index contributed by atoms with van der Waals surface area (Å²) in [5, 5.41) is 2.82. The lowest BCUT2D eigenvalue weighted by molar-refractivity contribution is 0.102. The van der Waals surface area contributed by atoms with Crippen LogP contribution in [0.4, 0.5) is 10.1 Å². The number of benzene rings is 2. The predicted molar refractivity (Wildman–Crippen MR) is 80.5 cm³/mol. The van der Waals surface area contributed by atoms with E-state index in [0.29, 0.717) is 5.56 Å². The lowest BCUT2D eigenvalue weighted by atomic mass is 10.1. The van der Waals surface area contributed by atoms with Crippen LogP contribution in [-0.2, 0) is 12.8 Å². The molecule has 2 aromatic carbocycles. The average molecular weight is 334 g/mol. The summed E-state index contributed by atoms with van der Waals surface area (Å²) in [6, 6.07) is 10.4. The molecule has 1 aliphatic carbocycles. The van der Waals surface area contributed by atoms with E-state index in [9.17, 15) is 9.18 Å². The molecule has 2 aromatic rings. The van der Waals surface area contributed by atoms with E-state index in [4.69, 9.17) is 0 Å². The van der Waals surface area contributed by atoms with Gasteiger partial charge in [-0.3, -0.25) is 4.79 Å². The van der Waals surface area contributed by atoms with Gasteiger partial charge >= 0.3 is 0 Å². The predicted octanol–water partition coefficient (Wildman–Crippen LogP) is 4.33. The summed E-state index contributed by atoms with van der Waals surface area (Å²) in [4.78, 5) is 12.2. The largest absolute Gasteiger partial charge is 0.322 e. The summed E-state index contributed by atoms with van der Waals surface area (Å²) in [6.45, 7) is 0. The summed E-state index contributed by atoms with van der Waals surface area (Å²) in [5.74, 6) is -0.749. The average Bonchev–Trinajstić information content (AvgIpc) is 2.89. The maximum Gasteiger partial charge on any atom is 0.256 e. The Balaban J connectivity index is 1.84. The fraction of sp³-hybridized carbons (Fsp3) is 0.188. The Kier molecular flexibility index (Phi) is 3.57. The van der Waals surface area contributed by atoms with E-state index in [-0.39, 0.29) is 10.4 Å². The summed E-state index contributed by atoms with van der Waals surface area (Å²) in [7, 11) is 0. The van der Waals surface area contributed by atoms with Crippen molar-refractivity contribution in [3.05, 3.63) is 63.4 Å². The number of halogens is 2. The maximum atomic E-state index is 13.4. The molecule has 2 nitrogen and oxygen atoms in total. The molecule has 0 bridgehead atoms. The van der Waals surface area contributed by atoms with E-state index in [0.717, 1.165) is 18.5 Å². The molecule has 0 aromatic heterocycles. The number of carbonyl (C=O) groups excluding carboxylic acids is 1. The highest BCUT2D eigenvalue weighted by Gasteiger charge is 2.15. The van der Waals surface area contributed by atoms with Gasteiger partial charge in [0, 0.05) is 5.69 Å². The highest BCUT2D eigenvalue weighted by Crippen LogP contribution is 2.26. The molecule has 4 heteroatoms. The van der Waals surface area contributed by atoms with Gasteiger partial charge in [-0.2, -0.15) is 0 Å². The molecule has 0 fully saturated rings. The van der Waals surface area contributed by atoms with Gasteiger partial charge in [0.25, 0.3) is 5.91 Å². The third kappa shape index (κ3) is 2.48. The van der Waals surface area contributed by atoms with Crippen LogP contribution in [0, 0.1) is 5.82 Å². The Morgan fingerprint density at radius 2 is 1.95 bits per heavy atom. The minimum atomic E-state index is -0.438. The van der Waals surface area contributed by atoms with Crippen LogP contribution in [0.1, 0.15) is 27.9 Å². The van der Waals surface area contributed by atoms with Crippen LogP contribution in [0.15, 0.2) is 40.9 Å². The first kappa shape index (κ1) is 13.3. The van der Waals surface area contributed by atoms with Crippen LogP contribution >= 0.6 is 15.9 Å². The van der Waals surface area contributed by atoms with Gasteiger partial charge in [0.2, 0.25) is 0 Å². The van der Waals surface area contributed by atoms with E-state index in [1.165, 1.54) is 29.7 Å². The van der Waals surface area contributed by atoms with Gasteiger partial charge in [-0.1, -0.05) is 12.1 Å². The molecule has 0 aliphatic heterocycles. The zero-order valence-electron chi connectivity index (χ0n) is 10.7. The molecular formula is C16H13BrFNO. The molecule has 3 rings (SSSR count). The standard InChI is InChI=1S/C16H13BrFNO/c17-15-13(5-2-6-14(15)18)16(20)19-12-8-7-10-3-1-4-11(10)9-12/h2,5-9H,1,3-4H2,(H,19,20). The fourth-order valence-electron chi connectivity index (χ4n) is 2.53. The third-order valence-corrected chi connectivity index (χ3v) is 4.36. The van der Waals surface area contributed by atoms with Gasteiger partial charge < -0.3 is 5.32 Å². The lowest BCUT2D eigenvalue weighted by Gasteiger charge is -2.09. The van der Waals surface area contributed by atoms with Crippen molar-refractivity contribution in [2.24, 2.45) is 0 Å². The molecule has 1 aliphatic rings. The number of carbonyl (C=O) groups is 1. The zero-order chi connectivity index (χ0) is 14.1. The number of nitrogens with one attached hydrogen (secondary N) is 1.